The summed E-state index contributed by atoms with van der Waals surface area (Å²) >= 11 is 0. The second-order valence-corrected chi connectivity index (χ2v) is 7.16. The van der Waals surface area contributed by atoms with Gasteiger partial charge in [0.25, 0.3) is 11.8 Å². The van der Waals surface area contributed by atoms with E-state index in [0.717, 1.165) is 16.7 Å². The molecule has 8 nitrogen and oxygen atoms in total. The lowest BCUT2D eigenvalue weighted by Gasteiger charge is -2.06. The Balaban J connectivity index is 1.55. The molecule has 3 aromatic rings. The van der Waals surface area contributed by atoms with Crippen LogP contribution in [0.15, 0.2) is 42.7 Å². The van der Waals surface area contributed by atoms with Crippen LogP contribution in [-0.4, -0.2) is 28.9 Å². The average Bonchev–Trinajstić information content (AvgIpc) is 3.23. The van der Waals surface area contributed by atoms with Gasteiger partial charge in [0.2, 0.25) is 0 Å². The van der Waals surface area contributed by atoms with Gasteiger partial charge < -0.3 is 15.0 Å². The summed E-state index contributed by atoms with van der Waals surface area (Å²) in [6.07, 6.45) is 5.08. The third kappa shape index (κ3) is 4.06. The van der Waals surface area contributed by atoms with Gasteiger partial charge in [-0.3, -0.25) is 19.4 Å². The number of ether oxygens (including phenoxy) is 1. The standard InChI is InChI=1S/C23H22N4O4/c1-13-19(11-18-17-5-4-16(30-3)10-20(17)26-22(18)28)25-14(2)21(13)23(29)27-31-12-15-6-8-24-9-7-15/h4-11,25H,12H2,1-3H3,(H,26,28)(H,27,29)/b18-11-. The summed E-state index contributed by atoms with van der Waals surface area (Å²) in [4.78, 5) is 37.7. The van der Waals surface area contributed by atoms with Crippen molar-refractivity contribution in [2.75, 3.05) is 12.4 Å². The maximum absolute atomic E-state index is 12.7. The maximum Gasteiger partial charge on any atom is 0.276 e. The molecule has 0 saturated heterocycles. The summed E-state index contributed by atoms with van der Waals surface area (Å²) in [6, 6.07) is 9.04. The Morgan fingerprint density at radius 2 is 1.97 bits per heavy atom. The Hall–Kier alpha value is -3.91. The molecule has 3 heterocycles. The number of benzene rings is 1. The highest BCUT2D eigenvalue weighted by molar-refractivity contribution is 6.35. The summed E-state index contributed by atoms with van der Waals surface area (Å²) in [5, 5.41) is 2.84. The van der Waals surface area contributed by atoms with Crippen molar-refractivity contribution in [1.29, 1.82) is 0 Å². The molecule has 1 aliphatic rings. The molecular weight excluding hydrogens is 396 g/mol. The van der Waals surface area contributed by atoms with E-state index in [9.17, 15) is 9.59 Å². The minimum absolute atomic E-state index is 0.207. The summed E-state index contributed by atoms with van der Waals surface area (Å²) in [5.41, 5.74) is 7.94. The van der Waals surface area contributed by atoms with Crippen molar-refractivity contribution in [1.82, 2.24) is 15.4 Å². The number of hydroxylamine groups is 1. The molecule has 1 aliphatic heterocycles. The number of aromatic nitrogens is 2. The topological polar surface area (TPSA) is 105 Å². The largest absolute Gasteiger partial charge is 0.497 e. The van der Waals surface area contributed by atoms with Crippen LogP contribution in [0.2, 0.25) is 0 Å². The molecule has 0 unspecified atom stereocenters. The van der Waals surface area contributed by atoms with Gasteiger partial charge in [0.05, 0.1) is 30.5 Å². The van der Waals surface area contributed by atoms with Gasteiger partial charge in [-0.2, -0.15) is 0 Å². The van der Waals surface area contributed by atoms with Gasteiger partial charge in [0.15, 0.2) is 0 Å². The molecule has 0 aliphatic carbocycles. The molecular formula is C23H22N4O4. The predicted octanol–water partition coefficient (Wildman–Crippen LogP) is 3.39. The fraction of sp³-hybridized carbons (Fsp3) is 0.174. The number of hydrogen-bond donors (Lipinski definition) is 3. The minimum atomic E-state index is -0.356. The quantitative estimate of drug-likeness (QED) is 0.420. The zero-order valence-corrected chi connectivity index (χ0v) is 17.4. The van der Waals surface area contributed by atoms with Gasteiger partial charge in [0, 0.05) is 35.4 Å². The highest BCUT2D eigenvalue weighted by Crippen LogP contribution is 2.36. The minimum Gasteiger partial charge on any atom is -0.497 e. The maximum atomic E-state index is 12.7. The molecule has 0 fully saturated rings. The van der Waals surface area contributed by atoms with Gasteiger partial charge in [-0.15, -0.1) is 0 Å². The molecule has 0 radical (unpaired) electrons. The van der Waals surface area contributed by atoms with Crippen LogP contribution < -0.4 is 15.5 Å². The van der Waals surface area contributed by atoms with Gasteiger partial charge in [-0.05, 0) is 55.3 Å². The first-order valence-electron chi connectivity index (χ1n) is 9.69. The van der Waals surface area contributed by atoms with Crippen molar-refractivity contribution in [2.24, 2.45) is 0 Å². The first-order chi connectivity index (χ1) is 15.0. The zero-order valence-electron chi connectivity index (χ0n) is 17.4. The number of carbonyl (C=O) groups is 2. The molecule has 3 N–H and O–H groups in total. The number of nitrogens with one attached hydrogen (secondary N) is 3. The summed E-state index contributed by atoms with van der Waals surface area (Å²) < 4.78 is 5.22. The fourth-order valence-electron chi connectivity index (χ4n) is 3.56. The van der Waals surface area contributed by atoms with E-state index in [-0.39, 0.29) is 18.4 Å². The molecule has 2 amide bonds. The van der Waals surface area contributed by atoms with Crippen molar-refractivity contribution in [3.63, 3.8) is 0 Å². The molecule has 158 valence electrons. The first kappa shape index (κ1) is 20.4. The van der Waals surface area contributed by atoms with Gasteiger partial charge in [-0.1, -0.05) is 0 Å². The van der Waals surface area contributed by atoms with Crippen LogP contribution in [0.4, 0.5) is 5.69 Å². The molecule has 2 aromatic heterocycles. The summed E-state index contributed by atoms with van der Waals surface area (Å²) in [6.45, 7) is 3.86. The van der Waals surface area contributed by atoms with E-state index in [1.807, 2.05) is 25.1 Å². The Morgan fingerprint density at radius 1 is 1.19 bits per heavy atom. The first-order valence-corrected chi connectivity index (χ1v) is 9.69. The van der Waals surface area contributed by atoms with Crippen LogP contribution in [0.3, 0.4) is 0 Å². The Morgan fingerprint density at radius 3 is 2.71 bits per heavy atom. The molecule has 0 bridgehead atoms. The van der Waals surface area contributed by atoms with E-state index in [1.54, 1.807) is 44.6 Å². The van der Waals surface area contributed by atoms with E-state index in [4.69, 9.17) is 9.57 Å². The fourth-order valence-corrected chi connectivity index (χ4v) is 3.56. The van der Waals surface area contributed by atoms with Crippen LogP contribution in [0.5, 0.6) is 5.75 Å². The number of aryl methyl sites for hydroxylation is 1. The van der Waals surface area contributed by atoms with Crippen LogP contribution in [0.1, 0.15) is 38.4 Å². The lowest BCUT2D eigenvalue weighted by Crippen LogP contribution is -2.24. The molecule has 0 atom stereocenters. The van der Waals surface area contributed by atoms with Crippen molar-refractivity contribution < 1.29 is 19.2 Å². The molecule has 0 saturated carbocycles. The Labute approximate surface area is 179 Å². The van der Waals surface area contributed by atoms with Crippen molar-refractivity contribution >= 4 is 29.2 Å². The second-order valence-electron chi connectivity index (χ2n) is 7.16. The number of hydrogen-bond acceptors (Lipinski definition) is 5. The van der Waals surface area contributed by atoms with Gasteiger partial charge in [-0.25, -0.2) is 5.48 Å². The lowest BCUT2D eigenvalue weighted by molar-refractivity contribution is -0.110. The molecule has 31 heavy (non-hydrogen) atoms. The van der Waals surface area contributed by atoms with Crippen LogP contribution in [0, 0.1) is 13.8 Å². The number of amides is 2. The third-order valence-corrected chi connectivity index (χ3v) is 5.15. The van der Waals surface area contributed by atoms with Crippen molar-refractivity contribution in [2.45, 2.75) is 20.5 Å². The number of aromatic amines is 1. The average molecular weight is 418 g/mol. The smallest absolute Gasteiger partial charge is 0.276 e. The van der Waals surface area contributed by atoms with Crippen molar-refractivity contribution in [3.05, 3.63) is 76.4 Å². The highest BCUT2D eigenvalue weighted by atomic mass is 16.6. The normalized spacial score (nSPS) is 13.8. The van der Waals surface area contributed by atoms with Crippen molar-refractivity contribution in [3.8, 4) is 5.75 Å². The number of pyridine rings is 1. The predicted molar refractivity (Wildman–Crippen MR) is 116 cm³/mol. The monoisotopic (exact) mass is 418 g/mol. The molecule has 8 heteroatoms. The third-order valence-electron chi connectivity index (χ3n) is 5.15. The Kier molecular flexibility index (Phi) is 5.55. The number of methoxy groups -OCH3 is 1. The van der Waals surface area contributed by atoms with E-state index in [1.165, 1.54) is 0 Å². The number of H-pyrrole nitrogens is 1. The zero-order chi connectivity index (χ0) is 22.0. The summed E-state index contributed by atoms with van der Waals surface area (Å²) in [5.74, 6) is 0.102. The summed E-state index contributed by atoms with van der Waals surface area (Å²) in [7, 11) is 1.58. The SMILES string of the molecule is COc1ccc2c(c1)NC(=O)/C2=C\c1[nH]c(C)c(C(=O)NOCc2ccncc2)c1C. The van der Waals surface area contributed by atoms with Crippen LogP contribution in [0.25, 0.3) is 11.6 Å². The van der Waals surface area contributed by atoms with Gasteiger partial charge in [0.1, 0.15) is 5.75 Å². The van der Waals surface area contributed by atoms with Crippen LogP contribution >= 0.6 is 0 Å². The van der Waals surface area contributed by atoms with Gasteiger partial charge >= 0.3 is 0 Å². The molecule has 4 rings (SSSR count). The van der Waals surface area contributed by atoms with Crippen LogP contribution in [-0.2, 0) is 16.2 Å². The van der Waals surface area contributed by atoms with E-state index < -0.39 is 0 Å². The number of anilines is 1. The number of rotatable bonds is 6. The van der Waals surface area contributed by atoms with E-state index in [2.05, 4.69) is 20.8 Å². The molecule has 0 spiro atoms. The number of carbonyl (C=O) groups excluding carboxylic acids is 2. The number of fused-ring (bicyclic) bond motifs is 1. The highest BCUT2D eigenvalue weighted by Gasteiger charge is 2.26. The second kappa shape index (κ2) is 8.45. The molecule has 1 aromatic carbocycles. The van der Waals surface area contributed by atoms with E-state index >= 15 is 0 Å². The Bertz CT molecular complexity index is 1180. The lowest BCUT2D eigenvalue weighted by atomic mass is 10.0. The number of nitrogens with zero attached hydrogens (tertiary/aromatic N) is 1. The van der Waals surface area contributed by atoms with E-state index in [0.29, 0.717) is 34.0 Å².